The molecule has 1 unspecified atom stereocenters. The van der Waals surface area contributed by atoms with Gasteiger partial charge in [-0.05, 0) is 46.8 Å². The number of pyridine rings is 1. The van der Waals surface area contributed by atoms with Crippen molar-refractivity contribution in [3.8, 4) is 0 Å². The van der Waals surface area contributed by atoms with E-state index in [4.69, 9.17) is 14.6 Å². The number of nitrogens with zero attached hydrogens (tertiary/aromatic N) is 3. The molecule has 31 heavy (non-hydrogen) atoms. The number of halogens is 1. The van der Waals surface area contributed by atoms with Crippen molar-refractivity contribution in [2.75, 3.05) is 20.3 Å². The molecule has 1 aliphatic heterocycles. The fourth-order valence-corrected chi connectivity index (χ4v) is 5.85. The number of hydrogen-bond acceptors (Lipinski definition) is 4. The van der Waals surface area contributed by atoms with E-state index in [1.807, 2.05) is 12.1 Å². The molecule has 6 nitrogen and oxygen atoms in total. The van der Waals surface area contributed by atoms with E-state index in [1.54, 1.807) is 30.3 Å². The molecule has 1 atom stereocenters. The number of rotatable bonds is 5. The summed E-state index contributed by atoms with van der Waals surface area (Å²) in [7, 11) is 1.58. The quantitative estimate of drug-likeness (QED) is 0.387. The molecule has 8 heteroatoms. The molecule has 2 aromatic heterocycles. The Kier molecular flexibility index (Phi) is 6.62. The van der Waals surface area contributed by atoms with Gasteiger partial charge in [-0.3, -0.25) is 4.84 Å². The predicted molar refractivity (Wildman–Crippen MR) is 123 cm³/mol. The van der Waals surface area contributed by atoms with Gasteiger partial charge in [-0.1, -0.05) is 20.8 Å². The first-order chi connectivity index (χ1) is 14.8. The first kappa shape index (κ1) is 22.6. The van der Waals surface area contributed by atoms with E-state index in [1.165, 1.54) is 0 Å². The standard InChI is InChI=1S/C23H29BrN3O3S/c1-23(2,3)22-25-19-13-17(31(28)21-7-10-26(29-4)15-18(21)24)5-6-20(19)27(22)14-16-8-11-30-12-9-16/h5-7,10,13,15-16H,8-9,11-12,14H2,1-4H3/q+1. The summed E-state index contributed by atoms with van der Waals surface area (Å²) >= 11 is 2.18. The molecule has 1 aromatic carbocycles. The number of hydrogen-bond donors (Lipinski definition) is 0. The Labute approximate surface area is 194 Å². The Balaban J connectivity index is 1.72. The van der Waals surface area contributed by atoms with Crippen LogP contribution >= 0.6 is 15.9 Å². The fraction of sp³-hybridized carbons (Fsp3) is 0.478. The van der Waals surface area contributed by atoms with Crippen LogP contribution in [-0.2, 0) is 27.9 Å². The highest BCUT2D eigenvalue weighted by Crippen LogP contribution is 2.32. The molecule has 3 heterocycles. The van der Waals surface area contributed by atoms with Gasteiger partial charge in [0.25, 0.3) is 0 Å². The molecular formula is C23H29BrN3O3S+. The van der Waals surface area contributed by atoms with E-state index >= 15 is 0 Å². The van der Waals surface area contributed by atoms with E-state index < -0.39 is 11.2 Å². The summed E-state index contributed by atoms with van der Waals surface area (Å²) in [6.07, 6.45) is 5.66. The molecule has 1 fully saturated rings. The van der Waals surface area contributed by atoms with Crippen molar-refractivity contribution in [3.05, 3.63) is 47.0 Å². The second-order valence-corrected chi connectivity index (χ2v) is 11.3. The highest BCUT2D eigenvalue weighted by Gasteiger charge is 2.27. The number of fused-ring (bicyclic) bond motifs is 1. The van der Waals surface area contributed by atoms with Crippen LogP contribution < -0.4 is 9.57 Å². The van der Waals surface area contributed by atoms with Crippen LogP contribution in [0.2, 0.25) is 0 Å². The van der Waals surface area contributed by atoms with Crippen molar-refractivity contribution in [2.45, 2.75) is 55.4 Å². The van der Waals surface area contributed by atoms with Gasteiger partial charge in [-0.15, -0.1) is 0 Å². The van der Waals surface area contributed by atoms with Crippen molar-refractivity contribution in [3.63, 3.8) is 0 Å². The van der Waals surface area contributed by atoms with E-state index in [0.29, 0.717) is 10.8 Å². The normalized spacial score (nSPS) is 16.6. The molecule has 0 aliphatic carbocycles. The lowest BCUT2D eigenvalue weighted by atomic mass is 9.94. The van der Waals surface area contributed by atoms with Gasteiger partial charge in [0.05, 0.1) is 17.1 Å². The van der Waals surface area contributed by atoms with Crippen molar-refractivity contribution >= 4 is 38.1 Å². The third-order valence-electron chi connectivity index (χ3n) is 5.65. The average molecular weight is 507 g/mol. The van der Waals surface area contributed by atoms with Crippen molar-refractivity contribution in [1.29, 1.82) is 0 Å². The van der Waals surface area contributed by atoms with Gasteiger partial charge < -0.3 is 13.9 Å². The molecule has 3 aromatic rings. The average Bonchev–Trinajstić information content (AvgIpc) is 3.12. The number of imidazole rings is 1. The Hall–Kier alpha value is -1.61. The highest BCUT2D eigenvalue weighted by atomic mass is 79.9. The zero-order chi connectivity index (χ0) is 22.2. The molecule has 1 aliphatic rings. The first-order valence-corrected chi connectivity index (χ1v) is 12.5. The second kappa shape index (κ2) is 9.10. The van der Waals surface area contributed by atoms with Gasteiger partial charge in [0.15, 0.2) is 9.79 Å². The smallest absolute Gasteiger partial charge is 0.241 e. The van der Waals surface area contributed by atoms with Gasteiger partial charge in [0, 0.05) is 47.1 Å². The van der Waals surface area contributed by atoms with Crippen LogP contribution in [-0.4, -0.2) is 34.4 Å². The topological polar surface area (TPSA) is 63.2 Å². The van der Waals surface area contributed by atoms with Crippen LogP contribution in [0.3, 0.4) is 0 Å². The Morgan fingerprint density at radius 2 is 2.03 bits per heavy atom. The molecule has 0 radical (unpaired) electrons. The maximum Gasteiger partial charge on any atom is 0.241 e. The zero-order valence-corrected chi connectivity index (χ0v) is 20.8. The van der Waals surface area contributed by atoms with Crippen molar-refractivity contribution < 1.29 is 18.9 Å². The molecule has 0 N–H and O–H groups in total. The maximum absolute atomic E-state index is 13.3. The second-order valence-electron chi connectivity index (χ2n) is 8.97. The van der Waals surface area contributed by atoms with Crippen LogP contribution in [0.25, 0.3) is 11.0 Å². The third-order valence-corrected chi connectivity index (χ3v) is 7.98. The molecular weight excluding hydrogens is 478 g/mol. The summed E-state index contributed by atoms with van der Waals surface area (Å²) in [6.45, 7) is 9.19. The minimum Gasteiger partial charge on any atom is -0.606 e. The Morgan fingerprint density at radius 1 is 1.29 bits per heavy atom. The van der Waals surface area contributed by atoms with Crippen molar-refractivity contribution in [1.82, 2.24) is 9.55 Å². The maximum atomic E-state index is 13.3. The number of benzene rings is 1. The van der Waals surface area contributed by atoms with E-state index in [9.17, 15) is 4.55 Å². The third kappa shape index (κ3) is 4.77. The lowest BCUT2D eigenvalue weighted by molar-refractivity contribution is -0.886. The molecule has 1 saturated heterocycles. The minimum atomic E-state index is -1.33. The lowest BCUT2D eigenvalue weighted by Gasteiger charge is -2.26. The summed E-state index contributed by atoms with van der Waals surface area (Å²) in [4.78, 5) is 11.6. The van der Waals surface area contributed by atoms with Crippen LogP contribution in [0.1, 0.15) is 39.4 Å². The van der Waals surface area contributed by atoms with E-state index in [0.717, 1.165) is 58.8 Å². The number of aromatic nitrogens is 3. The molecule has 0 bridgehead atoms. The SMILES string of the molecule is CO[n+]1ccc([S+]([O-])c2ccc3c(c2)nc(C(C)(C)C)n3CC2CCOCC2)c(Br)c1. The van der Waals surface area contributed by atoms with Gasteiger partial charge in [-0.25, -0.2) is 4.98 Å². The van der Waals surface area contributed by atoms with Crippen LogP contribution in [0.4, 0.5) is 0 Å². The Morgan fingerprint density at radius 3 is 2.68 bits per heavy atom. The zero-order valence-electron chi connectivity index (χ0n) is 18.4. The number of ether oxygens (including phenoxy) is 1. The van der Waals surface area contributed by atoms with Crippen molar-refractivity contribution in [2.24, 2.45) is 5.92 Å². The molecule has 0 amide bonds. The highest BCUT2D eigenvalue weighted by molar-refractivity contribution is 9.10. The molecule has 0 spiro atoms. The Bertz CT molecular complexity index is 1070. The predicted octanol–water partition coefficient (Wildman–Crippen LogP) is 4.04. The largest absolute Gasteiger partial charge is 0.606 e. The van der Waals surface area contributed by atoms with Crippen LogP contribution in [0.5, 0.6) is 0 Å². The summed E-state index contributed by atoms with van der Waals surface area (Å²) in [5.41, 5.74) is 1.91. The molecule has 4 rings (SSSR count). The monoisotopic (exact) mass is 506 g/mol. The van der Waals surface area contributed by atoms with E-state index in [-0.39, 0.29) is 5.41 Å². The summed E-state index contributed by atoms with van der Waals surface area (Å²) in [6, 6.07) is 7.79. The summed E-state index contributed by atoms with van der Waals surface area (Å²) in [5.74, 6) is 1.66. The molecule has 166 valence electrons. The minimum absolute atomic E-state index is 0.0836. The van der Waals surface area contributed by atoms with E-state index in [2.05, 4.69) is 47.3 Å². The van der Waals surface area contributed by atoms with Crippen LogP contribution in [0.15, 0.2) is 50.9 Å². The van der Waals surface area contributed by atoms with Gasteiger partial charge in [-0.2, -0.15) is 0 Å². The summed E-state index contributed by atoms with van der Waals surface area (Å²) < 4.78 is 23.5. The van der Waals surface area contributed by atoms with Crippen LogP contribution in [0, 0.1) is 5.92 Å². The van der Waals surface area contributed by atoms with Gasteiger partial charge in [0.1, 0.15) is 17.4 Å². The lowest BCUT2D eigenvalue weighted by Crippen LogP contribution is -2.39. The van der Waals surface area contributed by atoms with Gasteiger partial charge in [0.2, 0.25) is 12.4 Å². The van der Waals surface area contributed by atoms with Gasteiger partial charge >= 0.3 is 0 Å². The first-order valence-electron chi connectivity index (χ1n) is 10.5. The molecule has 0 saturated carbocycles. The fourth-order valence-electron chi connectivity index (χ4n) is 4.00. The summed E-state index contributed by atoms with van der Waals surface area (Å²) in [5, 5.41) is 0.